The molecule has 0 radical (unpaired) electrons. The maximum absolute atomic E-state index is 5.56. The Bertz CT molecular complexity index is 687. The first kappa shape index (κ1) is 22.9. The number of anilines is 1. The second kappa shape index (κ2) is 11.0. The molecule has 2 N–H and O–H groups in total. The van der Waals surface area contributed by atoms with Gasteiger partial charge in [0.1, 0.15) is 11.5 Å². The summed E-state index contributed by atoms with van der Waals surface area (Å²) in [7, 11) is 3.37. The van der Waals surface area contributed by atoms with Crippen molar-refractivity contribution < 1.29 is 14.2 Å². The van der Waals surface area contributed by atoms with Crippen LogP contribution in [0.3, 0.4) is 0 Å². The van der Waals surface area contributed by atoms with Crippen LogP contribution in [0.1, 0.15) is 26.2 Å². The molecule has 0 spiro atoms. The second-order valence-corrected chi connectivity index (χ2v) is 9.12. The van der Waals surface area contributed by atoms with Crippen LogP contribution >= 0.6 is 11.8 Å². The molecule has 0 amide bonds. The SMILES string of the molecule is CCNC(=NCC1(SC)CCOCC1)NC1CCN(c2cc(OC)cc(OC)c2)C1. The molecule has 2 saturated heterocycles. The topological polar surface area (TPSA) is 67.4 Å². The van der Waals surface area contributed by atoms with Crippen LogP contribution in [0.5, 0.6) is 11.5 Å². The summed E-state index contributed by atoms with van der Waals surface area (Å²) in [5.41, 5.74) is 1.13. The number of benzene rings is 1. The largest absolute Gasteiger partial charge is 0.497 e. The first-order valence-electron chi connectivity index (χ1n) is 10.8. The van der Waals surface area contributed by atoms with Gasteiger partial charge >= 0.3 is 0 Å². The van der Waals surface area contributed by atoms with Crippen LogP contribution in [-0.4, -0.2) is 76.6 Å². The first-order chi connectivity index (χ1) is 14.6. The van der Waals surface area contributed by atoms with Crippen molar-refractivity contribution in [1.82, 2.24) is 10.6 Å². The summed E-state index contributed by atoms with van der Waals surface area (Å²) in [6.07, 6.45) is 5.38. The van der Waals surface area contributed by atoms with Gasteiger partial charge in [0.25, 0.3) is 0 Å². The molecule has 7 nitrogen and oxygen atoms in total. The molecular weight excluding hydrogens is 400 g/mol. The minimum atomic E-state index is 0.194. The van der Waals surface area contributed by atoms with Gasteiger partial charge in [0.2, 0.25) is 0 Å². The maximum Gasteiger partial charge on any atom is 0.191 e. The Balaban J connectivity index is 1.63. The van der Waals surface area contributed by atoms with E-state index in [1.807, 2.05) is 17.8 Å². The second-order valence-electron chi connectivity index (χ2n) is 7.84. The minimum absolute atomic E-state index is 0.194. The van der Waals surface area contributed by atoms with Crippen molar-refractivity contribution in [3.05, 3.63) is 18.2 Å². The summed E-state index contributed by atoms with van der Waals surface area (Å²) in [4.78, 5) is 7.32. The monoisotopic (exact) mass is 436 g/mol. The molecule has 1 unspecified atom stereocenters. The number of thioether (sulfide) groups is 1. The summed E-state index contributed by atoms with van der Waals surface area (Å²) >= 11 is 1.93. The molecule has 0 bridgehead atoms. The molecule has 0 saturated carbocycles. The smallest absolute Gasteiger partial charge is 0.191 e. The average Bonchev–Trinajstić information content (AvgIpc) is 3.26. The van der Waals surface area contributed by atoms with Crippen LogP contribution in [0.15, 0.2) is 23.2 Å². The molecular formula is C22H36N4O3S. The van der Waals surface area contributed by atoms with Crippen LogP contribution in [0.25, 0.3) is 0 Å². The number of hydrogen-bond donors (Lipinski definition) is 2. The predicted octanol–water partition coefficient (Wildman–Crippen LogP) is 2.75. The molecule has 1 aromatic rings. The number of nitrogens with one attached hydrogen (secondary N) is 2. The number of aliphatic imine (C=N–C) groups is 1. The van der Waals surface area contributed by atoms with E-state index < -0.39 is 0 Å². The third kappa shape index (κ3) is 5.88. The van der Waals surface area contributed by atoms with Crippen molar-refractivity contribution in [2.75, 3.05) is 64.8 Å². The molecule has 168 valence electrons. The Labute approximate surface area is 184 Å². The molecule has 0 aromatic heterocycles. The third-order valence-electron chi connectivity index (χ3n) is 5.94. The van der Waals surface area contributed by atoms with Gasteiger partial charge in [0, 0.05) is 67.5 Å². The summed E-state index contributed by atoms with van der Waals surface area (Å²) in [5.74, 6) is 2.54. The van der Waals surface area contributed by atoms with E-state index in [0.29, 0.717) is 6.04 Å². The minimum Gasteiger partial charge on any atom is -0.497 e. The average molecular weight is 437 g/mol. The normalized spacial score (nSPS) is 21.4. The van der Waals surface area contributed by atoms with Crippen molar-refractivity contribution in [3.8, 4) is 11.5 Å². The molecule has 30 heavy (non-hydrogen) atoms. The summed E-state index contributed by atoms with van der Waals surface area (Å²) in [6, 6.07) is 6.39. The Hall–Kier alpha value is -1.80. The molecule has 3 rings (SSSR count). The summed E-state index contributed by atoms with van der Waals surface area (Å²) in [6.45, 7) is 7.35. The van der Waals surface area contributed by atoms with Gasteiger partial charge in [-0.25, -0.2) is 0 Å². The summed E-state index contributed by atoms with van der Waals surface area (Å²) < 4.78 is 16.6. The fourth-order valence-corrected chi connectivity index (χ4v) is 4.76. The van der Waals surface area contributed by atoms with Crippen molar-refractivity contribution in [3.63, 3.8) is 0 Å². The molecule has 1 atom stereocenters. The number of nitrogens with zero attached hydrogens (tertiary/aromatic N) is 2. The van der Waals surface area contributed by atoms with E-state index in [9.17, 15) is 0 Å². The van der Waals surface area contributed by atoms with Crippen LogP contribution in [-0.2, 0) is 4.74 Å². The van der Waals surface area contributed by atoms with Gasteiger partial charge in [-0.3, -0.25) is 4.99 Å². The molecule has 1 aromatic carbocycles. The van der Waals surface area contributed by atoms with Gasteiger partial charge in [-0.05, 0) is 32.4 Å². The Morgan fingerprint density at radius 3 is 2.53 bits per heavy atom. The molecule has 2 heterocycles. The molecule has 2 aliphatic rings. The highest BCUT2D eigenvalue weighted by molar-refractivity contribution is 8.00. The standard InChI is InChI=1S/C22H36N4O3S/c1-5-23-21(24-16-22(30-4)7-10-29-11-8-22)25-17-6-9-26(15-17)18-12-19(27-2)14-20(13-18)28-3/h12-14,17H,5-11,15-16H2,1-4H3,(H2,23,24,25). The quantitative estimate of drug-likeness (QED) is 0.480. The van der Waals surface area contributed by atoms with E-state index in [-0.39, 0.29) is 4.75 Å². The van der Waals surface area contributed by atoms with Crippen LogP contribution in [0, 0.1) is 0 Å². The van der Waals surface area contributed by atoms with Crippen LogP contribution < -0.4 is 25.0 Å². The van der Waals surface area contributed by atoms with Gasteiger partial charge in [0.05, 0.1) is 20.8 Å². The molecule has 2 fully saturated rings. The number of methoxy groups -OCH3 is 2. The third-order valence-corrected chi connectivity index (χ3v) is 7.34. The van der Waals surface area contributed by atoms with E-state index in [0.717, 1.165) is 81.8 Å². The van der Waals surface area contributed by atoms with Crippen molar-refractivity contribution in [2.45, 2.75) is 37.0 Å². The molecule has 2 aliphatic heterocycles. The lowest BCUT2D eigenvalue weighted by atomic mass is 9.99. The van der Waals surface area contributed by atoms with Gasteiger partial charge in [-0.15, -0.1) is 0 Å². The van der Waals surface area contributed by atoms with Crippen LogP contribution in [0.2, 0.25) is 0 Å². The highest BCUT2D eigenvalue weighted by atomic mass is 32.2. The lowest BCUT2D eigenvalue weighted by molar-refractivity contribution is 0.0794. The maximum atomic E-state index is 5.56. The van der Waals surface area contributed by atoms with E-state index in [1.165, 1.54) is 0 Å². The lowest BCUT2D eigenvalue weighted by Gasteiger charge is -2.34. The Kier molecular flexibility index (Phi) is 8.39. The van der Waals surface area contributed by atoms with E-state index >= 15 is 0 Å². The fourth-order valence-electron chi connectivity index (χ4n) is 3.99. The van der Waals surface area contributed by atoms with E-state index in [1.54, 1.807) is 14.2 Å². The van der Waals surface area contributed by atoms with Gasteiger partial charge < -0.3 is 29.7 Å². The first-order valence-corrected chi connectivity index (χ1v) is 12.0. The molecule has 0 aliphatic carbocycles. The van der Waals surface area contributed by atoms with E-state index in [2.05, 4.69) is 40.8 Å². The van der Waals surface area contributed by atoms with E-state index in [4.69, 9.17) is 19.2 Å². The lowest BCUT2D eigenvalue weighted by Crippen LogP contribution is -2.46. The zero-order valence-corrected chi connectivity index (χ0v) is 19.5. The zero-order chi connectivity index (χ0) is 21.4. The van der Waals surface area contributed by atoms with Gasteiger partial charge in [0.15, 0.2) is 5.96 Å². The predicted molar refractivity (Wildman–Crippen MR) is 126 cm³/mol. The van der Waals surface area contributed by atoms with Gasteiger partial charge in [-0.2, -0.15) is 11.8 Å². The highest BCUT2D eigenvalue weighted by Crippen LogP contribution is 2.34. The van der Waals surface area contributed by atoms with Crippen molar-refractivity contribution >= 4 is 23.4 Å². The van der Waals surface area contributed by atoms with Crippen LogP contribution in [0.4, 0.5) is 5.69 Å². The van der Waals surface area contributed by atoms with Crippen molar-refractivity contribution in [2.24, 2.45) is 4.99 Å². The van der Waals surface area contributed by atoms with Crippen molar-refractivity contribution in [1.29, 1.82) is 0 Å². The highest BCUT2D eigenvalue weighted by Gasteiger charge is 2.32. The fraction of sp³-hybridized carbons (Fsp3) is 0.682. The zero-order valence-electron chi connectivity index (χ0n) is 18.7. The number of rotatable bonds is 8. The van der Waals surface area contributed by atoms with Gasteiger partial charge in [-0.1, -0.05) is 0 Å². The number of hydrogen-bond acceptors (Lipinski definition) is 6. The number of ether oxygens (including phenoxy) is 3. The summed E-state index contributed by atoms with van der Waals surface area (Å²) in [5, 5.41) is 7.07. The number of guanidine groups is 1. The Morgan fingerprint density at radius 1 is 1.23 bits per heavy atom. The molecule has 8 heteroatoms. The Morgan fingerprint density at radius 2 is 1.93 bits per heavy atom.